The van der Waals surface area contributed by atoms with E-state index in [9.17, 15) is 14.4 Å². The summed E-state index contributed by atoms with van der Waals surface area (Å²) in [5, 5.41) is 2.88. The van der Waals surface area contributed by atoms with Gasteiger partial charge in [0.05, 0.1) is 12.6 Å². The van der Waals surface area contributed by atoms with Crippen molar-refractivity contribution in [3.05, 3.63) is 71.8 Å². The first-order valence-electron chi connectivity index (χ1n) is 7.73. The number of amides is 3. The number of hydrogen-bond donors (Lipinski definition) is 3. The molecule has 0 bridgehead atoms. The summed E-state index contributed by atoms with van der Waals surface area (Å²) in [6.07, 6.45) is 0.261. The molecule has 0 aliphatic heterocycles. The lowest BCUT2D eigenvalue weighted by molar-refractivity contribution is -0.145. The van der Waals surface area contributed by atoms with Crippen molar-refractivity contribution in [1.29, 1.82) is 0 Å². The maximum atomic E-state index is 12.1. The van der Waals surface area contributed by atoms with Crippen LogP contribution in [0, 0.1) is 0 Å². The van der Waals surface area contributed by atoms with Gasteiger partial charge < -0.3 is 11.1 Å². The molecule has 3 amide bonds. The summed E-state index contributed by atoms with van der Waals surface area (Å²) in [7, 11) is 0. The number of nitrogens with one attached hydrogen (secondary N) is 1. The van der Waals surface area contributed by atoms with E-state index in [0.717, 1.165) is 5.56 Å². The molecule has 0 aliphatic rings. The highest BCUT2D eigenvalue weighted by Gasteiger charge is 2.24. The van der Waals surface area contributed by atoms with Crippen LogP contribution in [0.25, 0.3) is 0 Å². The van der Waals surface area contributed by atoms with Gasteiger partial charge in [0, 0.05) is 5.56 Å². The molecule has 0 fully saturated rings. The molecule has 7 heteroatoms. The smallest absolute Gasteiger partial charge is 0.262 e. The van der Waals surface area contributed by atoms with Crippen LogP contribution in [0.4, 0.5) is 0 Å². The Balaban J connectivity index is 1.86. The summed E-state index contributed by atoms with van der Waals surface area (Å²) in [5.74, 6) is 3.67. The van der Waals surface area contributed by atoms with Crippen molar-refractivity contribution in [1.82, 2.24) is 10.3 Å². The predicted molar refractivity (Wildman–Crippen MR) is 92.9 cm³/mol. The van der Waals surface area contributed by atoms with Crippen LogP contribution < -0.4 is 16.9 Å². The zero-order chi connectivity index (χ0) is 18.2. The summed E-state index contributed by atoms with van der Waals surface area (Å²) in [4.78, 5) is 36.0. The maximum absolute atomic E-state index is 12.1. The third-order valence-corrected chi connectivity index (χ3v) is 3.56. The lowest BCUT2D eigenvalue weighted by atomic mass is 10.1. The van der Waals surface area contributed by atoms with E-state index in [2.05, 4.69) is 5.32 Å². The maximum Gasteiger partial charge on any atom is 0.262 e. The summed E-state index contributed by atoms with van der Waals surface area (Å²) < 4.78 is 0. The van der Waals surface area contributed by atoms with E-state index < -0.39 is 30.3 Å². The average Bonchev–Trinajstić information content (AvgIpc) is 2.66. The largest absolute Gasteiger partial charge is 0.343 e. The first kappa shape index (κ1) is 18.3. The normalized spacial score (nSPS) is 11.4. The molecule has 0 spiro atoms. The van der Waals surface area contributed by atoms with Gasteiger partial charge in [-0.3, -0.25) is 14.4 Å². The van der Waals surface area contributed by atoms with Crippen LogP contribution in [-0.2, 0) is 16.0 Å². The van der Waals surface area contributed by atoms with Gasteiger partial charge in [-0.15, -0.1) is 0 Å². The molecule has 2 aromatic rings. The third-order valence-electron chi connectivity index (χ3n) is 3.56. The SMILES string of the molecule is N[C@H](Cc1ccccc1)C(=O)N(N)C(=O)CNC(=O)c1ccccc1. The molecule has 0 aromatic heterocycles. The van der Waals surface area contributed by atoms with Crippen molar-refractivity contribution in [2.45, 2.75) is 12.5 Å². The number of hydrazine groups is 1. The lowest BCUT2D eigenvalue weighted by Crippen LogP contribution is -2.54. The number of rotatable bonds is 6. The monoisotopic (exact) mass is 340 g/mol. The first-order valence-corrected chi connectivity index (χ1v) is 7.73. The number of nitrogens with zero attached hydrogens (tertiary/aromatic N) is 1. The Hall–Kier alpha value is -3.03. The van der Waals surface area contributed by atoms with Crippen LogP contribution in [0.3, 0.4) is 0 Å². The van der Waals surface area contributed by atoms with Gasteiger partial charge in [0.15, 0.2) is 0 Å². The quantitative estimate of drug-likeness (QED) is 0.395. The van der Waals surface area contributed by atoms with Crippen LogP contribution in [0.5, 0.6) is 0 Å². The zero-order valence-corrected chi connectivity index (χ0v) is 13.6. The lowest BCUT2D eigenvalue weighted by Gasteiger charge is -2.19. The topological polar surface area (TPSA) is 119 Å². The fourth-order valence-electron chi connectivity index (χ4n) is 2.19. The van der Waals surface area contributed by atoms with Crippen molar-refractivity contribution in [2.75, 3.05) is 6.54 Å². The van der Waals surface area contributed by atoms with Crippen LogP contribution in [0.1, 0.15) is 15.9 Å². The molecule has 5 N–H and O–H groups in total. The Labute approximate surface area is 145 Å². The first-order chi connectivity index (χ1) is 12.0. The number of carbonyl (C=O) groups excluding carboxylic acids is 3. The number of benzene rings is 2. The van der Waals surface area contributed by atoms with Crippen LogP contribution in [0.2, 0.25) is 0 Å². The highest BCUT2D eigenvalue weighted by Crippen LogP contribution is 2.03. The molecule has 0 saturated carbocycles. The molecule has 2 rings (SSSR count). The van der Waals surface area contributed by atoms with Gasteiger partial charge in [-0.2, -0.15) is 0 Å². The fraction of sp³-hybridized carbons (Fsp3) is 0.167. The van der Waals surface area contributed by atoms with E-state index >= 15 is 0 Å². The van der Waals surface area contributed by atoms with E-state index in [0.29, 0.717) is 10.6 Å². The Bertz CT molecular complexity index is 735. The van der Waals surface area contributed by atoms with Crippen LogP contribution in [-0.4, -0.2) is 35.3 Å². The van der Waals surface area contributed by atoms with Crippen molar-refractivity contribution in [2.24, 2.45) is 11.6 Å². The Morgan fingerprint density at radius 1 is 0.960 bits per heavy atom. The van der Waals surface area contributed by atoms with Gasteiger partial charge >= 0.3 is 0 Å². The molecule has 0 saturated heterocycles. The molecule has 0 unspecified atom stereocenters. The summed E-state index contributed by atoms with van der Waals surface area (Å²) >= 11 is 0. The minimum absolute atomic E-state index is 0.261. The number of imide groups is 1. The van der Waals surface area contributed by atoms with Gasteiger partial charge in [0.2, 0.25) is 0 Å². The summed E-state index contributed by atoms with van der Waals surface area (Å²) in [5.41, 5.74) is 7.10. The Morgan fingerprint density at radius 3 is 2.12 bits per heavy atom. The fourth-order valence-corrected chi connectivity index (χ4v) is 2.19. The molecule has 7 nitrogen and oxygen atoms in total. The third kappa shape index (κ3) is 5.23. The molecule has 1 atom stereocenters. The van der Waals surface area contributed by atoms with Gasteiger partial charge in [0.25, 0.3) is 17.7 Å². The van der Waals surface area contributed by atoms with Gasteiger partial charge in [-0.05, 0) is 24.1 Å². The number of hydrogen-bond acceptors (Lipinski definition) is 5. The molecule has 2 aromatic carbocycles. The standard InChI is InChI=1S/C18H20N4O3/c19-15(11-13-7-3-1-4-8-13)18(25)22(20)16(23)12-21-17(24)14-9-5-2-6-10-14/h1-10,15H,11-12,19-20H2,(H,21,24)/t15-/m1/s1. The van der Waals surface area contributed by atoms with E-state index in [4.69, 9.17) is 11.6 Å². The number of carbonyl (C=O) groups is 3. The van der Waals surface area contributed by atoms with E-state index in [1.807, 2.05) is 30.3 Å². The molecular formula is C18H20N4O3. The van der Waals surface area contributed by atoms with E-state index in [1.165, 1.54) is 0 Å². The predicted octanol–water partition coefficient (Wildman–Crippen LogP) is 0.215. The molecule has 25 heavy (non-hydrogen) atoms. The average molecular weight is 340 g/mol. The highest BCUT2D eigenvalue weighted by molar-refractivity contribution is 6.01. The second-order valence-corrected chi connectivity index (χ2v) is 5.45. The van der Waals surface area contributed by atoms with Crippen LogP contribution >= 0.6 is 0 Å². The second kappa shape index (κ2) is 8.72. The van der Waals surface area contributed by atoms with Crippen molar-refractivity contribution < 1.29 is 14.4 Å². The van der Waals surface area contributed by atoms with E-state index in [-0.39, 0.29) is 6.42 Å². The zero-order valence-electron chi connectivity index (χ0n) is 13.6. The Morgan fingerprint density at radius 2 is 1.52 bits per heavy atom. The molecule has 0 heterocycles. The molecule has 130 valence electrons. The summed E-state index contributed by atoms with van der Waals surface area (Å²) in [6, 6.07) is 16.6. The number of nitrogens with two attached hydrogens (primary N) is 2. The van der Waals surface area contributed by atoms with Crippen molar-refractivity contribution in [3.63, 3.8) is 0 Å². The molecule has 0 radical (unpaired) electrons. The van der Waals surface area contributed by atoms with Gasteiger partial charge in [-0.25, -0.2) is 10.9 Å². The van der Waals surface area contributed by atoms with Gasteiger partial charge in [0.1, 0.15) is 0 Å². The van der Waals surface area contributed by atoms with Crippen molar-refractivity contribution >= 4 is 17.7 Å². The van der Waals surface area contributed by atoms with Crippen molar-refractivity contribution in [3.8, 4) is 0 Å². The minimum atomic E-state index is -0.943. The Kier molecular flexibility index (Phi) is 6.39. The molecule has 0 aliphatic carbocycles. The highest BCUT2D eigenvalue weighted by atomic mass is 16.2. The van der Waals surface area contributed by atoms with Crippen LogP contribution in [0.15, 0.2) is 60.7 Å². The summed E-state index contributed by atoms with van der Waals surface area (Å²) in [6.45, 7) is -0.395. The van der Waals surface area contributed by atoms with E-state index in [1.54, 1.807) is 30.3 Å². The second-order valence-electron chi connectivity index (χ2n) is 5.45. The minimum Gasteiger partial charge on any atom is -0.343 e. The molecular weight excluding hydrogens is 320 g/mol. The van der Waals surface area contributed by atoms with Gasteiger partial charge in [-0.1, -0.05) is 48.5 Å².